The quantitative estimate of drug-likeness (QED) is 0.550. The molecule has 0 spiro atoms. The zero-order valence-electron chi connectivity index (χ0n) is 10.5. The predicted octanol–water partition coefficient (Wildman–Crippen LogP) is 1.94. The van der Waals surface area contributed by atoms with Crippen LogP contribution in [0.15, 0.2) is 0 Å². The molecule has 0 fully saturated rings. The lowest BCUT2D eigenvalue weighted by Gasteiger charge is -2.16. The molecule has 0 aromatic heterocycles. The van der Waals surface area contributed by atoms with Gasteiger partial charge in [-0.15, -0.1) is 0 Å². The molecule has 0 aliphatic carbocycles. The van der Waals surface area contributed by atoms with E-state index in [1.165, 1.54) is 6.42 Å². The molecule has 0 atom stereocenters. The topological polar surface area (TPSA) is 41.5 Å². The lowest BCUT2D eigenvalue weighted by Crippen LogP contribution is -2.27. The maximum Gasteiger partial charge on any atom is 0.0603 e. The summed E-state index contributed by atoms with van der Waals surface area (Å²) >= 11 is 0. The Morgan fingerprint density at radius 2 is 1.80 bits per heavy atom. The average Bonchev–Trinajstić information content (AvgIpc) is 2.14. The molecule has 0 unspecified atom stereocenters. The van der Waals surface area contributed by atoms with Crippen molar-refractivity contribution in [1.29, 1.82) is 0 Å². The molecule has 0 saturated carbocycles. The van der Waals surface area contributed by atoms with Gasteiger partial charge >= 0.3 is 0 Å². The lowest BCUT2D eigenvalue weighted by molar-refractivity contribution is 0.0709. The van der Waals surface area contributed by atoms with E-state index >= 15 is 0 Å². The minimum Gasteiger partial charge on any atom is -0.390 e. The molecule has 3 heteroatoms. The van der Waals surface area contributed by atoms with Crippen LogP contribution in [0.1, 0.15) is 46.5 Å². The zero-order valence-corrected chi connectivity index (χ0v) is 10.5. The summed E-state index contributed by atoms with van der Waals surface area (Å²) < 4.78 is 5.43. The number of nitrogens with one attached hydrogen (secondary N) is 1. The number of hydrogen-bond donors (Lipinski definition) is 2. The van der Waals surface area contributed by atoms with Crippen molar-refractivity contribution in [3.8, 4) is 0 Å². The van der Waals surface area contributed by atoms with E-state index in [0.717, 1.165) is 45.6 Å². The molecule has 0 aromatic rings. The summed E-state index contributed by atoms with van der Waals surface area (Å²) in [5.74, 6) is 0. The molecule has 3 nitrogen and oxygen atoms in total. The fourth-order valence-electron chi connectivity index (χ4n) is 1.17. The highest BCUT2D eigenvalue weighted by Gasteiger charge is 2.10. The monoisotopic (exact) mass is 217 g/mol. The van der Waals surface area contributed by atoms with Crippen molar-refractivity contribution in [2.45, 2.75) is 52.1 Å². The molecule has 2 N–H and O–H groups in total. The Kier molecular flexibility index (Phi) is 9.06. The summed E-state index contributed by atoms with van der Waals surface area (Å²) in [5.41, 5.74) is -0.551. The van der Waals surface area contributed by atoms with Crippen molar-refractivity contribution in [3.05, 3.63) is 0 Å². The van der Waals surface area contributed by atoms with Crippen LogP contribution < -0.4 is 5.32 Å². The molecule has 0 rings (SSSR count). The third-order valence-corrected chi connectivity index (χ3v) is 2.20. The van der Waals surface area contributed by atoms with Gasteiger partial charge in [0, 0.05) is 13.2 Å². The minimum absolute atomic E-state index is 0.551. The molecular weight excluding hydrogens is 190 g/mol. The van der Waals surface area contributed by atoms with Gasteiger partial charge in [-0.05, 0) is 46.2 Å². The summed E-state index contributed by atoms with van der Waals surface area (Å²) in [7, 11) is 0. The second kappa shape index (κ2) is 9.13. The van der Waals surface area contributed by atoms with E-state index in [2.05, 4.69) is 12.2 Å². The average molecular weight is 217 g/mol. The maximum atomic E-state index is 9.45. The smallest absolute Gasteiger partial charge is 0.0603 e. The number of ether oxygens (including phenoxy) is 1. The predicted molar refractivity (Wildman–Crippen MR) is 64.1 cm³/mol. The maximum absolute atomic E-state index is 9.45. The summed E-state index contributed by atoms with van der Waals surface area (Å²) in [5, 5.41) is 12.7. The van der Waals surface area contributed by atoms with E-state index in [4.69, 9.17) is 4.74 Å². The van der Waals surface area contributed by atoms with Crippen LogP contribution in [0.5, 0.6) is 0 Å². The fourth-order valence-corrected chi connectivity index (χ4v) is 1.17. The van der Waals surface area contributed by atoms with Crippen molar-refractivity contribution >= 4 is 0 Å². The zero-order chi connectivity index (χ0) is 11.6. The fraction of sp³-hybridized carbons (Fsp3) is 1.00. The summed E-state index contributed by atoms with van der Waals surface area (Å²) in [6.07, 6.45) is 4.20. The molecule has 0 amide bonds. The summed E-state index contributed by atoms with van der Waals surface area (Å²) in [6.45, 7) is 9.42. The van der Waals surface area contributed by atoms with E-state index in [1.807, 2.05) is 13.8 Å². The molecule has 0 radical (unpaired) electrons. The number of rotatable bonds is 10. The van der Waals surface area contributed by atoms with Crippen molar-refractivity contribution in [1.82, 2.24) is 5.32 Å². The van der Waals surface area contributed by atoms with Gasteiger partial charge in [0.2, 0.25) is 0 Å². The molecule has 15 heavy (non-hydrogen) atoms. The molecule has 0 aliphatic rings. The van der Waals surface area contributed by atoms with Crippen LogP contribution in [0.3, 0.4) is 0 Å². The van der Waals surface area contributed by atoms with Gasteiger partial charge in [0.15, 0.2) is 0 Å². The molecule has 92 valence electrons. The first-order valence-corrected chi connectivity index (χ1v) is 6.07. The first kappa shape index (κ1) is 14.9. The summed E-state index contributed by atoms with van der Waals surface area (Å²) in [6, 6.07) is 0. The number of unbranched alkanes of at least 4 members (excludes halogenated alkanes) is 1. The van der Waals surface area contributed by atoms with Gasteiger partial charge in [-0.25, -0.2) is 0 Å². The van der Waals surface area contributed by atoms with Gasteiger partial charge in [0.05, 0.1) is 5.60 Å². The molecule has 0 heterocycles. The number of hydrogen-bond acceptors (Lipinski definition) is 3. The van der Waals surface area contributed by atoms with Crippen molar-refractivity contribution in [2.24, 2.45) is 0 Å². The molecular formula is C12H27NO2. The van der Waals surface area contributed by atoms with Crippen LogP contribution in [-0.4, -0.2) is 37.0 Å². The van der Waals surface area contributed by atoms with Gasteiger partial charge in [0.1, 0.15) is 0 Å². The highest BCUT2D eigenvalue weighted by Crippen LogP contribution is 2.04. The van der Waals surface area contributed by atoms with Crippen LogP contribution in [-0.2, 0) is 4.74 Å². The summed E-state index contributed by atoms with van der Waals surface area (Å²) in [4.78, 5) is 0. The van der Waals surface area contributed by atoms with Gasteiger partial charge in [-0.3, -0.25) is 0 Å². The van der Waals surface area contributed by atoms with Crippen LogP contribution >= 0.6 is 0 Å². The Hall–Kier alpha value is -0.120. The van der Waals surface area contributed by atoms with Crippen LogP contribution in [0.4, 0.5) is 0 Å². The molecule has 0 aliphatic heterocycles. The van der Waals surface area contributed by atoms with Gasteiger partial charge in [0.25, 0.3) is 0 Å². The SMILES string of the molecule is CCCCOCCCNCCC(C)(C)O. The van der Waals surface area contributed by atoms with Crippen molar-refractivity contribution in [2.75, 3.05) is 26.3 Å². The largest absolute Gasteiger partial charge is 0.390 e. The Bertz CT molecular complexity index is 132. The Labute approximate surface area is 94.2 Å². The van der Waals surface area contributed by atoms with E-state index in [1.54, 1.807) is 0 Å². The third kappa shape index (κ3) is 13.9. The lowest BCUT2D eigenvalue weighted by atomic mass is 10.1. The second-order valence-corrected chi connectivity index (χ2v) is 4.63. The van der Waals surface area contributed by atoms with Gasteiger partial charge in [-0.1, -0.05) is 13.3 Å². The van der Waals surface area contributed by atoms with Crippen LogP contribution in [0.25, 0.3) is 0 Å². The highest BCUT2D eigenvalue weighted by atomic mass is 16.5. The van der Waals surface area contributed by atoms with Crippen LogP contribution in [0.2, 0.25) is 0 Å². The first-order chi connectivity index (χ1) is 7.06. The Balaban J connectivity index is 2.99. The van der Waals surface area contributed by atoms with E-state index in [-0.39, 0.29) is 0 Å². The second-order valence-electron chi connectivity index (χ2n) is 4.63. The molecule has 0 bridgehead atoms. The minimum atomic E-state index is -0.551. The van der Waals surface area contributed by atoms with E-state index < -0.39 is 5.60 Å². The van der Waals surface area contributed by atoms with Gasteiger partial charge < -0.3 is 15.2 Å². The number of aliphatic hydroxyl groups is 1. The van der Waals surface area contributed by atoms with Crippen LogP contribution in [0, 0.1) is 0 Å². The highest BCUT2D eigenvalue weighted by molar-refractivity contribution is 4.66. The Morgan fingerprint density at radius 1 is 1.13 bits per heavy atom. The molecule has 0 saturated heterocycles. The first-order valence-electron chi connectivity index (χ1n) is 6.07. The van der Waals surface area contributed by atoms with Gasteiger partial charge in [-0.2, -0.15) is 0 Å². The van der Waals surface area contributed by atoms with E-state index in [0.29, 0.717) is 0 Å². The molecule has 0 aromatic carbocycles. The standard InChI is InChI=1S/C12H27NO2/c1-4-5-10-15-11-6-8-13-9-7-12(2,3)14/h13-14H,4-11H2,1-3H3. The normalized spacial score (nSPS) is 12.0. The Morgan fingerprint density at radius 3 is 2.40 bits per heavy atom. The van der Waals surface area contributed by atoms with Crippen molar-refractivity contribution < 1.29 is 9.84 Å². The van der Waals surface area contributed by atoms with Crippen molar-refractivity contribution in [3.63, 3.8) is 0 Å². The third-order valence-electron chi connectivity index (χ3n) is 2.20. The van der Waals surface area contributed by atoms with E-state index in [9.17, 15) is 5.11 Å².